The first kappa shape index (κ1) is 14.1. The van der Waals surface area contributed by atoms with Crippen molar-refractivity contribution in [2.45, 2.75) is 52.1 Å². The summed E-state index contributed by atoms with van der Waals surface area (Å²) in [4.78, 5) is 10.8. The number of hydrogen-bond donors (Lipinski definition) is 0. The molecule has 0 radical (unpaired) electrons. The Balaban J connectivity index is 1.88. The molecule has 1 aliphatic carbocycles. The predicted octanol–water partition coefficient (Wildman–Crippen LogP) is 4.86. The van der Waals surface area contributed by atoms with Crippen molar-refractivity contribution in [1.82, 2.24) is 9.97 Å². The van der Waals surface area contributed by atoms with Crippen molar-refractivity contribution in [3.05, 3.63) is 16.2 Å². The normalized spacial score (nSPS) is 23.1. The number of nitrogens with zero attached hydrogens (tertiary/aromatic N) is 2. The number of aryl methyl sites for hydroxylation is 1. The molecule has 0 saturated heterocycles. The number of halogens is 1. The molecule has 3 rings (SSSR count). The van der Waals surface area contributed by atoms with Crippen LogP contribution in [0.15, 0.2) is 6.07 Å². The summed E-state index contributed by atoms with van der Waals surface area (Å²) in [5.41, 5.74) is 0. The Labute approximate surface area is 128 Å². The second-order valence-electron chi connectivity index (χ2n) is 5.58. The van der Waals surface area contributed by atoms with E-state index in [1.807, 2.05) is 0 Å². The summed E-state index contributed by atoms with van der Waals surface area (Å²) in [7, 11) is 0. The Morgan fingerprint density at radius 2 is 2.05 bits per heavy atom. The molecule has 0 unspecified atom stereocenters. The fourth-order valence-corrected chi connectivity index (χ4v) is 3.86. The fraction of sp³-hybridized carbons (Fsp3) is 0.600. The minimum atomic E-state index is 0.269. The highest BCUT2D eigenvalue weighted by Crippen LogP contribution is 2.34. The molecular weight excluding hydrogens is 292 g/mol. The lowest BCUT2D eigenvalue weighted by atomic mass is 9.89. The molecule has 0 aromatic carbocycles. The minimum Gasteiger partial charge on any atom is -0.474 e. The molecule has 1 saturated carbocycles. The number of rotatable bonds is 3. The summed E-state index contributed by atoms with van der Waals surface area (Å²) >= 11 is 7.69. The maximum atomic E-state index is 6.13. The third-order valence-electron chi connectivity index (χ3n) is 3.97. The van der Waals surface area contributed by atoms with Crippen LogP contribution in [-0.4, -0.2) is 16.1 Å². The number of thiophene rings is 1. The zero-order chi connectivity index (χ0) is 14.1. The molecule has 0 bridgehead atoms. The van der Waals surface area contributed by atoms with E-state index in [1.54, 1.807) is 11.3 Å². The third-order valence-corrected chi connectivity index (χ3v) is 5.31. The Bertz CT molecular complexity index is 605. The van der Waals surface area contributed by atoms with E-state index < -0.39 is 0 Å². The lowest BCUT2D eigenvalue weighted by molar-refractivity contribution is 0.132. The average Bonchev–Trinajstić information content (AvgIpc) is 2.84. The first-order valence-corrected chi connectivity index (χ1v) is 8.47. The molecule has 0 N–H and O–H groups in total. The predicted molar refractivity (Wildman–Crippen MR) is 83.9 cm³/mol. The van der Waals surface area contributed by atoms with Crippen LogP contribution in [-0.2, 0) is 6.42 Å². The van der Waals surface area contributed by atoms with Gasteiger partial charge in [0, 0.05) is 4.88 Å². The van der Waals surface area contributed by atoms with Crippen LogP contribution in [0.5, 0.6) is 5.88 Å². The summed E-state index contributed by atoms with van der Waals surface area (Å²) < 4.78 is 6.13. The molecule has 0 atom stereocenters. The number of ether oxygens (including phenoxy) is 1. The molecule has 2 aromatic rings. The fourth-order valence-electron chi connectivity index (χ4n) is 2.69. The van der Waals surface area contributed by atoms with Crippen molar-refractivity contribution in [2.75, 3.05) is 0 Å². The summed E-state index contributed by atoms with van der Waals surface area (Å²) in [5, 5.41) is 1.29. The van der Waals surface area contributed by atoms with Crippen LogP contribution in [0.4, 0.5) is 0 Å². The first-order chi connectivity index (χ1) is 9.65. The summed E-state index contributed by atoms with van der Waals surface area (Å²) in [6, 6.07) is 2.14. The Kier molecular flexibility index (Phi) is 4.13. The van der Waals surface area contributed by atoms with Crippen molar-refractivity contribution >= 4 is 33.2 Å². The van der Waals surface area contributed by atoms with E-state index in [1.165, 1.54) is 17.7 Å². The molecule has 1 aliphatic rings. The van der Waals surface area contributed by atoms with Crippen LogP contribution in [0.25, 0.3) is 10.2 Å². The molecule has 20 heavy (non-hydrogen) atoms. The Morgan fingerprint density at radius 1 is 1.30 bits per heavy atom. The summed E-state index contributed by atoms with van der Waals surface area (Å²) in [6.07, 6.45) is 5.95. The summed E-state index contributed by atoms with van der Waals surface area (Å²) in [6.45, 7) is 4.45. The smallest absolute Gasteiger partial charge is 0.227 e. The Morgan fingerprint density at radius 3 is 2.75 bits per heavy atom. The number of hydrogen-bond acceptors (Lipinski definition) is 4. The summed E-state index contributed by atoms with van der Waals surface area (Å²) in [5.74, 6) is 1.48. The van der Waals surface area contributed by atoms with Crippen LogP contribution in [0.2, 0.25) is 5.28 Å². The van der Waals surface area contributed by atoms with Crippen LogP contribution in [0, 0.1) is 5.92 Å². The van der Waals surface area contributed by atoms with Gasteiger partial charge >= 0.3 is 0 Å². The molecule has 0 amide bonds. The van der Waals surface area contributed by atoms with Gasteiger partial charge in [0.2, 0.25) is 11.2 Å². The average molecular weight is 311 g/mol. The molecule has 1 fully saturated rings. The molecular formula is C15H19ClN2OS. The SMILES string of the molecule is CCc1cc2c(OC3CCC(C)CC3)nc(Cl)nc2s1. The topological polar surface area (TPSA) is 35.0 Å². The molecule has 3 nitrogen and oxygen atoms in total. The van der Waals surface area contributed by atoms with Gasteiger partial charge in [-0.3, -0.25) is 0 Å². The molecule has 0 aliphatic heterocycles. The quantitative estimate of drug-likeness (QED) is 0.759. The van der Waals surface area contributed by atoms with E-state index in [4.69, 9.17) is 16.3 Å². The van der Waals surface area contributed by atoms with Gasteiger partial charge < -0.3 is 4.74 Å². The van der Waals surface area contributed by atoms with Gasteiger partial charge in [-0.15, -0.1) is 11.3 Å². The molecule has 2 aromatic heterocycles. The van der Waals surface area contributed by atoms with Crippen LogP contribution in [0.3, 0.4) is 0 Å². The van der Waals surface area contributed by atoms with E-state index in [9.17, 15) is 0 Å². The largest absolute Gasteiger partial charge is 0.474 e. The monoisotopic (exact) mass is 310 g/mol. The zero-order valence-corrected chi connectivity index (χ0v) is 13.4. The van der Waals surface area contributed by atoms with Crippen molar-refractivity contribution in [3.63, 3.8) is 0 Å². The minimum absolute atomic E-state index is 0.269. The second-order valence-corrected chi connectivity index (χ2v) is 7.04. The van der Waals surface area contributed by atoms with E-state index in [0.29, 0.717) is 5.88 Å². The van der Waals surface area contributed by atoms with Crippen LogP contribution < -0.4 is 4.74 Å². The number of fused-ring (bicyclic) bond motifs is 1. The maximum Gasteiger partial charge on any atom is 0.227 e. The van der Waals surface area contributed by atoms with Gasteiger partial charge in [0.25, 0.3) is 0 Å². The second kappa shape index (κ2) is 5.86. The van der Waals surface area contributed by atoms with E-state index >= 15 is 0 Å². The first-order valence-electron chi connectivity index (χ1n) is 7.28. The zero-order valence-electron chi connectivity index (χ0n) is 11.9. The molecule has 0 spiro atoms. The number of aromatic nitrogens is 2. The van der Waals surface area contributed by atoms with Crippen molar-refractivity contribution in [3.8, 4) is 5.88 Å². The van der Waals surface area contributed by atoms with Gasteiger partial charge in [-0.1, -0.05) is 13.8 Å². The van der Waals surface area contributed by atoms with Gasteiger partial charge in [0.05, 0.1) is 5.39 Å². The van der Waals surface area contributed by atoms with E-state index in [0.717, 1.165) is 35.4 Å². The van der Waals surface area contributed by atoms with E-state index in [2.05, 4.69) is 29.9 Å². The highest BCUT2D eigenvalue weighted by molar-refractivity contribution is 7.18. The van der Waals surface area contributed by atoms with Gasteiger partial charge in [0.15, 0.2) is 0 Å². The van der Waals surface area contributed by atoms with Gasteiger partial charge in [-0.25, -0.2) is 4.98 Å². The highest BCUT2D eigenvalue weighted by atomic mass is 35.5. The van der Waals surface area contributed by atoms with Gasteiger partial charge in [-0.2, -0.15) is 4.98 Å². The Hall–Kier alpha value is -0.870. The van der Waals surface area contributed by atoms with Crippen molar-refractivity contribution in [2.24, 2.45) is 5.92 Å². The lowest BCUT2D eigenvalue weighted by Gasteiger charge is -2.26. The standard InChI is InChI=1S/C15H19ClN2OS/c1-3-11-8-12-13(17-15(16)18-14(12)20-11)19-10-6-4-9(2)5-7-10/h8-10H,3-7H2,1-2H3. The van der Waals surface area contributed by atoms with Crippen LogP contribution >= 0.6 is 22.9 Å². The van der Waals surface area contributed by atoms with Crippen molar-refractivity contribution < 1.29 is 4.74 Å². The van der Waals surface area contributed by atoms with E-state index in [-0.39, 0.29) is 11.4 Å². The van der Waals surface area contributed by atoms with Crippen LogP contribution in [0.1, 0.15) is 44.4 Å². The van der Waals surface area contributed by atoms with Gasteiger partial charge in [0.1, 0.15) is 10.9 Å². The molecule has 2 heterocycles. The molecule has 108 valence electrons. The van der Waals surface area contributed by atoms with Crippen molar-refractivity contribution in [1.29, 1.82) is 0 Å². The third kappa shape index (κ3) is 2.91. The maximum absolute atomic E-state index is 6.13. The highest BCUT2D eigenvalue weighted by Gasteiger charge is 2.21. The lowest BCUT2D eigenvalue weighted by Crippen LogP contribution is -2.23. The van der Waals surface area contributed by atoms with Gasteiger partial charge in [-0.05, 0) is 55.7 Å². The molecule has 5 heteroatoms.